The van der Waals surface area contributed by atoms with Gasteiger partial charge >= 0.3 is 5.97 Å². The predicted molar refractivity (Wildman–Crippen MR) is 69.5 cm³/mol. The number of aromatic amines is 1. The zero-order valence-electron chi connectivity index (χ0n) is 9.90. The summed E-state index contributed by atoms with van der Waals surface area (Å²) in [6.45, 7) is 3.30. The summed E-state index contributed by atoms with van der Waals surface area (Å²) in [6.07, 6.45) is 0. The molecule has 0 spiro atoms. The lowest BCUT2D eigenvalue weighted by Gasteiger charge is -2.03. The summed E-state index contributed by atoms with van der Waals surface area (Å²) in [5, 5.41) is 15.4. The number of aryl methyl sites for hydroxylation is 1. The first-order valence-electron chi connectivity index (χ1n) is 5.26. The van der Waals surface area contributed by atoms with Gasteiger partial charge in [0.25, 0.3) is 5.91 Å². The first-order chi connectivity index (χ1) is 8.50. The minimum absolute atomic E-state index is 0.0583. The number of thiophene rings is 1. The molecule has 0 saturated carbocycles. The minimum atomic E-state index is -1.06. The average Bonchev–Trinajstić information content (AvgIpc) is 2.86. The number of nitrogens with one attached hydrogen (secondary N) is 2. The van der Waals surface area contributed by atoms with Crippen molar-refractivity contribution in [1.82, 2.24) is 4.98 Å². The van der Waals surface area contributed by atoms with Crippen LogP contribution in [0, 0.1) is 13.8 Å². The number of rotatable bonds is 3. The molecule has 1 amide bonds. The van der Waals surface area contributed by atoms with Crippen molar-refractivity contribution in [2.24, 2.45) is 0 Å². The van der Waals surface area contributed by atoms with E-state index in [1.807, 2.05) is 10.8 Å². The van der Waals surface area contributed by atoms with Gasteiger partial charge in [-0.05, 0) is 30.9 Å². The molecule has 0 atom stereocenters. The molecule has 0 aliphatic heterocycles. The SMILES string of the molecule is Cc1[nH]c(C(=O)O)c(C)c1C(=O)Nc1ccsc1. The third kappa shape index (κ3) is 2.14. The predicted octanol–water partition coefficient (Wildman–Crippen LogP) is 2.64. The van der Waals surface area contributed by atoms with Crippen molar-refractivity contribution in [3.05, 3.63) is 39.3 Å². The molecule has 2 rings (SSSR count). The van der Waals surface area contributed by atoms with Gasteiger partial charge in [-0.1, -0.05) is 0 Å². The zero-order valence-corrected chi connectivity index (χ0v) is 10.7. The van der Waals surface area contributed by atoms with Crippen LogP contribution in [0.1, 0.15) is 32.1 Å². The van der Waals surface area contributed by atoms with Crippen LogP contribution in [0.15, 0.2) is 16.8 Å². The Kier molecular flexibility index (Phi) is 3.20. The van der Waals surface area contributed by atoms with Gasteiger partial charge in [0.1, 0.15) is 5.69 Å². The third-order valence-electron chi connectivity index (χ3n) is 2.66. The number of carboxylic acids is 1. The highest BCUT2D eigenvalue weighted by Crippen LogP contribution is 2.20. The minimum Gasteiger partial charge on any atom is -0.477 e. The van der Waals surface area contributed by atoms with Crippen LogP contribution in [0.4, 0.5) is 5.69 Å². The number of aromatic carboxylic acids is 1. The Labute approximate surface area is 107 Å². The number of carboxylic acid groups (broad SMARTS) is 1. The van der Waals surface area contributed by atoms with Crippen LogP contribution in [-0.2, 0) is 0 Å². The number of carbonyl (C=O) groups excluding carboxylic acids is 1. The molecule has 0 saturated heterocycles. The van der Waals surface area contributed by atoms with Gasteiger partial charge in [0.2, 0.25) is 0 Å². The van der Waals surface area contributed by atoms with Crippen molar-refractivity contribution in [3.8, 4) is 0 Å². The van der Waals surface area contributed by atoms with Crippen molar-refractivity contribution in [1.29, 1.82) is 0 Å². The number of hydrogen-bond acceptors (Lipinski definition) is 3. The van der Waals surface area contributed by atoms with Crippen molar-refractivity contribution in [3.63, 3.8) is 0 Å². The Bertz CT molecular complexity index is 599. The second-order valence-electron chi connectivity index (χ2n) is 3.90. The molecule has 0 aromatic carbocycles. The van der Waals surface area contributed by atoms with Crippen LogP contribution in [-0.4, -0.2) is 22.0 Å². The summed E-state index contributed by atoms with van der Waals surface area (Å²) in [7, 11) is 0. The molecule has 0 unspecified atom stereocenters. The third-order valence-corrected chi connectivity index (χ3v) is 3.34. The van der Waals surface area contributed by atoms with Gasteiger partial charge in [-0.25, -0.2) is 4.79 Å². The van der Waals surface area contributed by atoms with E-state index in [0.717, 1.165) is 0 Å². The Balaban J connectivity index is 2.33. The van der Waals surface area contributed by atoms with Gasteiger partial charge in [-0.3, -0.25) is 4.79 Å². The maximum atomic E-state index is 12.1. The highest BCUT2D eigenvalue weighted by atomic mass is 32.1. The molecule has 94 valence electrons. The van der Waals surface area contributed by atoms with Crippen LogP contribution < -0.4 is 5.32 Å². The van der Waals surface area contributed by atoms with E-state index < -0.39 is 5.97 Å². The van der Waals surface area contributed by atoms with Crippen LogP contribution in [0.25, 0.3) is 0 Å². The number of carbonyl (C=O) groups is 2. The molecular weight excluding hydrogens is 252 g/mol. The van der Waals surface area contributed by atoms with Gasteiger partial charge in [0, 0.05) is 11.1 Å². The Morgan fingerprint density at radius 1 is 1.39 bits per heavy atom. The molecule has 6 heteroatoms. The van der Waals surface area contributed by atoms with E-state index in [-0.39, 0.29) is 11.6 Å². The van der Waals surface area contributed by atoms with E-state index in [4.69, 9.17) is 5.11 Å². The van der Waals surface area contributed by atoms with E-state index in [2.05, 4.69) is 10.3 Å². The van der Waals surface area contributed by atoms with Crippen molar-refractivity contribution >= 4 is 28.9 Å². The van der Waals surface area contributed by atoms with E-state index >= 15 is 0 Å². The maximum absolute atomic E-state index is 12.1. The molecule has 18 heavy (non-hydrogen) atoms. The largest absolute Gasteiger partial charge is 0.477 e. The molecule has 0 aliphatic carbocycles. The van der Waals surface area contributed by atoms with Gasteiger partial charge in [-0.2, -0.15) is 11.3 Å². The summed E-state index contributed by atoms with van der Waals surface area (Å²) >= 11 is 1.48. The van der Waals surface area contributed by atoms with Crippen LogP contribution in [0.5, 0.6) is 0 Å². The van der Waals surface area contributed by atoms with Gasteiger partial charge in [-0.15, -0.1) is 0 Å². The first kappa shape index (κ1) is 12.4. The maximum Gasteiger partial charge on any atom is 0.352 e. The lowest BCUT2D eigenvalue weighted by molar-refractivity contribution is 0.0690. The van der Waals surface area contributed by atoms with Gasteiger partial charge in [0.05, 0.1) is 11.3 Å². The topological polar surface area (TPSA) is 82.2 Å². The lowest BCUT2D eigenvalue weighted by Crippen LogP contribution is -2.13. The summed E-state index contributed by atoms with van der Waals surface area (Å²) in [6, 6.07) is 1.79. The lowest BCUT2D eigenvalue weighted by atomic mass is 10.1. The number of H-pyrrole nitrogens is 1. The molecule has 0 bridgehead atoms. The fourth-order valence-corrected chi connectivity index (χ4v) is 2.42. The molecule has 5 nitrogen and oxygen atoms in total. The van der Waals surface area contributed by atoms with E-state index in [9.17, 15) is 9.59 Å². The fourth-order valence-electron chi connectivity index (χ4n) is 1.83. The van der Waals surface area contributed by atoms with Crippen LogP contribution in [0.2, 0.25) is 0 Å². The standard InChI is InChI=1S/C12H12N2O3S/c1-6-9(7(2)13-10(6)12(16)17)11(15)14-8-3-4-18-5-8/h3-5,13H,1-2H3,(H,14,15)(H,16,17). The Hall–Kier alpha value is -2.08. The molecule has 3 N–H and O–H groups in total. The van der Waals surface area contributed by atoms with Crippen LogP contribution in [0.3, 0.4) is 0 Å². The van der Waals surface area contributed by atoms with E-state index in [1.54, 1.807) is 19.9 Å². The molecule has 0 radical (unpaired) electrons. The summed E-state index contributed by atoms with van der Waals surface area (Å²) < 4.78 is 0. The smallest absolute Gasteiger partial charge is 0.352 e. The van der Waals surface area contributed by atoms with E-state index in [1.165, 1.54) is 11.3 Å². The van der Waals surface area contributed by atoms with Gasteiger partial charge in [0.15, 0.2) is 0 Å². The Morgan fingerprint density at radius 2 is 2.11 bits per heavy atom. The molecular formula is C12H12N2O3S. The highest BCUT2D eigenvalue weighted by Gasteiger charge is 2.21. The quantitative estimate of drug-likeness (QED) is 0.797. The molecule has 0 aliphatic rings. The normalized spacial score (nSPS) is 10.3. The van der Waals surface area contributed by atoms with Crippen molar-refractivity contribution < 1.29 is 14.7 Å². The monoisotopic (exact) mass is 264 g/mol. The van der Waals surface area contributed by atoms with E-state index in [0.29, 0.717) is 22.5 Å². The fraction of sp³-hybridized carbons (Fsp3) is 0.167. The number of amides is 1. The first-order valence-corrected chi connectivity index (χ1v) is 6.21. The molecule has 2 aromatic heterocycles. The second kappa shape index (κ2) is 4.66. The average molecular weight is 264 g/mol. The van der Waals surface area contributed by atoms with Crippen molar-refractivity contribution in [2.45, 2.75) is 13.8 Å². The molecule has 0 fully saturated rings. The zero-order chi connectivity index (χ0) is 13.3. The second-order valence-corrected chi connectivity index (χ2v) is 4.68. The van der Waals surface area contributed by atoms with Crippen molar-refractivity contribution in [2.75, 3.05) is 5.32 Å². The number of hydrogen-bond donors (Lipinski definition) is 3. The summed E-state index contributed by atoms with van der Waals surface area (Å²) in [5.74, 6) is -1.36. The number of aromatic nitrogens is 1. The number of anilines is 1. The molecule has 2 heterocycles. The summed E-state index contributed by atoms with van der Waals surface area (Å²) in [5.41, 5.74) is 2.16. The van der Waals surface area contributed by atoms with Gasteiger partial charge < -0.3 is 15.4 Å². The molecule has 2 aromatic rings. The Morgan fingerprint density at radius 3 is 2.61 bits per heavy atom. The van der Waals surface area contributed by atoms with Crippen LogP contribution >= 0.6 is 11.3 Å². The summed E-state index contributed by atoms with van der Waals surface area (Å²) in [4.78, 5) is 25.8. The highest BCUT2D eigenvalue weighted by molar-refractivity contribution is 7.08.